The van der Waals surface area contributed by atoms with Gasteiger partial charge in [0, 0.05) is 74.1 Å². The highest BCUT2D eigenvalue weighted by atomic mass is 15.0. The zero-order valence-electron chi connectivity index (χ0n) is 28.8. The van der Waals surface area contributed by atoms with E-state index in [-0.39, 0.29) is 5.41 Å². The molecule has 0 amide bonds. The van der Waals surface area contributed by atoms with Crippen molar-refractivity contribution in [2.75, 3.05) is 0 Å². The average Bonchev–Trinajstić information content (AvgIpc) is 3.82. The molecule has 0 bridgehead atoms. The number of aryl methyl sites for hydroxylation is 2. The van der Waals surface area contributed by atoms with Gasteiger partial charge in [0.2, 0.25) is 0 Å². The standard InChI is InChI=1S/C25H18N2.C22H19N/c1-26-22-13-7-5-11-18(22)20-15-16-21-19-12-6-8-14-23(19)27(25(21)24(20)26)17-9-3-2-4-10-17;1-22(2)18-10-6-4-8-14(18)16-12-17-15-9-5-7-11-20(15)23(3)21(17)13-19(16)22/h2-16H,1H3;4-13H,1-3H3. The second kappa shape index (κ2) is 10.5. The number of rotatable bonds is 1. The lowest BCUT2D eigenvalue weighted by atomic mass is 9.82. The van der Waals surface area contributed by atoms with Crippen LogP contribution in [-0.4, -0.2) is 13.7 Å². The van der Waals surface area contributed by atoms with Crippen molar-refractivity contribution in [1.82, 2.24) is 13.7 Å². The van der Waals surface area contributed by atoms with Crippen LogP contribution in [-0.2, 0) is 19.5 Å². The minimum absolute atomic E-state index is 0.0660. The highest BCUT2D eigenvalue weighted by Crippen LogP contribution is 2.50. The third kappa shape index (κ3) is 3.86. The highest BCUT2D eigenvalue weighted by Gasteiger charge is 2.35. The second-order valence-corrected chi connectivity index (χ2v) is 14.3. The highest BCUT2D eigenvalue weighted by molar-refractivity contribution is 6.23. The Hall–Kier alpha value is -6.06. The molecule has 0 fully saturated rings. The van der Waals surface area contributed by atoms with Crippen LogP contribution in [0.5, 0.6) is 0 Å². The van der Waals surface area contributed by atoms with Gasteiger partial charge in [-0.2, -0.15) is 0 Å². The molecule has 0 aliphatic heterocycles. The van der Waals surface area contributed by atoms with Crippen LogP contribution in [0.25, 0.3) is 82.2 Å². The van der Waals surface area contributed by atoms with Crippen LogP contribution in [0.1, 0.15) is 25.0 Å². The molecule has 50 heavy (non-hydrogen) atoms. The van der Waals surface area contributed by atoms with Crippen LogP contribution in [0, 0.1) is 0 Å². The zero-order chi connectivity index (χ0) is 33.7. The molecule has 3 heterocycles. The maximum atomic E-state index is 2.41. The molecular formula is C47H37N3. The Morgan fingerprint density at radius 3 is 1.64 bits per heavy atom. The Bertz CT molecular complexity index is 2970. The average molecular weight is 644 g/mol. The molecule has 3 nitrogen and oxygen atoms in total. The molecule has 0 N–H and O–H groups in total. The normalized spacial score (nSPS) is 13.4. The van der Waals surface area contributed by atoms with Gasteiger partial charge in [0.25, 0.3) is 0 Å². The van der Waals surface area contributed by atoms with Crippen molar-refractivity contribution in [2.24, 2.45) is 14.1 Å². The minimum Gasteiger partial charge on any atom is -0.344 e. The van der Waals surface area contributed by atoms with Gasteiger partial charge >= 0.3 is 0 Å². The van der Waals surface area contributed by atoms with Crippen LogP contribution in [0.3, 0.4) is 0 Å². The lowest BCUT2D eigenvalue weighted by Gasteiger charge is -2.21. The fourth-order valence-corrected chi connectivity index (χ4v) is 8.91. The van der Waals surface area contributed by atoms with E-state index in [1.54, 1.807) is 0 Å². The molecule has 1 aliphatic carbocycles. The molecule has 10 aromatic rings. The molecule has 7 aromatic carbocycles. The van der Waals surface area contributed by atoms with E-state index in [9.17, 15) is 0 Å². The van der Waals surface area contributed by atoms with Gasteiger partial charge in [0.15, 0.2) is 0 Å². The Morgan fingerprint density at radius 1 is 0.380 bits per heavy atom. The fourth-order valence-electron chi connectivity index (χ4n) is 8.91. The van der Waals surface area contributed by atoms with E-state index in [4.69, 9.17) is 0 Å². The molecule has 3 aromatic heterocycles. The second-order valence-electron chi connectivity index (χ2n) is 14.3. The van der Waals surface area contributed by atoms with Crippen molar-refractivity contribution in [3.8, 4) is 16.8 Å². The van der Waals surface area contributed by atoms with Crippen LogP contribution >= 0.6 is 0 Å². The Balaban J connectivity index is 0.000000128. The number of nitrogens with zero attached hydrogens (tertiary/aromatic N) is 3. The summed E-state index contributed by atoms with van der Waals surface area (Å²) in [6, 6.07) is 54.9. The predicted octanol–water partition coefficient (Wildman–Crippen LogP) is 12.1. The van der Waals surface area contributed by atoms with E-state index in [2.05, 4.69) is 193 Å². The molecule has 3 heteroatoms. The first-order valence-electron chi connectivity index (χ1n) is 17.5. The van der Waals surface area contributed by atoms with Crippen LogP contribution in [0.4, 0.5) is 0 Å². The molecule has 0 spiro atoms. The molecule has 11 rings (SSSR count). The maximum Gasteiger partial charge on any atom is 0.0785 e. The third-order valence-corrected chi connectivity index (χ3v) is 11.3. The van der Waals surface area contributed by atoms with E-state index in [0.717, 1.165) is 0 Å². The summed E-state index contributed by atoms with van der Waals surface area (Å²) in [4.78, 5) is 0. The third-order valence-electron chi connectivity index (χ3n) is 11.3. The van der Waals surface area contributed by atoms with E-state index < -0.39 is 0 Å². The summed E-state index contributed by atoms with van der Waals surface area (Å²) in [7, 11) is 4.35. The van der Waals surface area contributed by atoms with E-state index >= 15 is 0 Å². The monoisotopic (exact) mass is 643 g/mol. The first kappa shape index (κ1) is 28.9. The van der Waals surface area contributed by atoms with E-state index in [0.29, 0.717) is 0 Å². The molecule has 240 valence electrons. The Labute approximate surface area is 291 Å². The van der Waals surface area contributed by atoms with Gasteiger partial charge < -0.3 is 13.7 Å². The molecular weight excluding hydrogens is 607 g/mol. The topological polar surface area (TPSA) is 14.8 Å². The van der Waals surface area contributed by atoms with Gasteiger partial charge in [0.1, 0.15) is 0 Å². The fraction of sp³-hybridized carbons (Fsp3) is 0.106. The van der Waals surface area contributed by atoms with Gasteiger partial charge in [-0.1, -0.05) is 123 Å². The van der Waals surface area contributed by atoms with Crippen molar-refractivity contribution in [3.63, 3.8) is 0 Å². The Kier molecular flexibility index (Phi) is 6.05. The molecule has 0 unspecified atom stereocenters. The van der Waals surface area contributed by atoms with Crippen molar-refractivity contribution in [2.45, 2.75) is 19.3 Å². The SMILES string of the molecule is Cn1c2ccccc2c2cc3c(cc21)C(C)(C)c1ccccc1-3.Cn1c2ccccc2c2ccc3c4ccccc4n(-c4ccccc4)c3c21. The largest absolute Gasteiger partial charge is 0.344 e. The summed E-state index contributed by atoms with van der Waals surface area (Å²) in [5, 5.41) is 7.91. The van der Waals surface area contributed by atoms with Gasteiger partial charge in [-0.3, -0.25) is 0 Å². The lowest BCUT2D eigenvalue weighted by Crippen LogP contribution is -2.14. The summed E-state index contributed by atoms with van der Waals surface area (Å²) in [5.41, 5.74) is 14.6. The van der Waals surface area contributed by atoms with Gasteiger partial charge in [0.05, 0.1) is 16.6 Å². The number of hydrogen-bond donors (Lipinski definition) is 0. The zero-order valence-corrected chi connectivity index (χ0v) is 28.8. The first-order valence-corrected chi connectivity index (χ1v) is 17.5. The molecule has 0 saturated heterocycles. The smallest absolute Gasteiger partial charge is 0.0785 e. The summed E-state index contributed by atoms with van der Waals surface area (Å²) >= 11 is 0. The van der Waals surface area contributed by atoms with Crippen molar-refractivity contribution < 1.29 is 0 Å². The predicted molar refractivity (Wildman–Crippen MR) is 213 cm³/mol. The summed E-state index contributed by atoms with van der Waals surface area (Å²) in [6.07, 6.45) is 0. The quantitative estimate of drug-likeness (QED) is 0.169. The van der Waals surface area contributed by atoms with Gasteiger partial charge in [-0.25, -0.2) is 0 Å². The lowest BCUT2D eigenvalue weighted by molar-refractivity contribution is 0.661. The summed E-state index contributed by atoms with van der Waals surface area (Å²) in [6.45, 7) is 4.68. The minimum atomic E-state index is 0.0660. The maximum absolute atomic E-state index is 2.41. The van der Waals surface area contributed by atoms with Gasteiger partial charge in [-0.05, 0) is 64.7 Å². The molecule has 0 radical (unpaired) electrons. The van der Waals surface area contributed by atoms with Gasteiger partial charge in [-0.15, -0.1) is 0 Å². The van der Waals surface area contributed by atoms with E-state index in [1.165, 1.54) is 93.4 Å². The summed E-state index contributed by atoms with van der Waals surface area (Å²) < 4.78 is 7.07. The number of fused-ring (bicyclic) bond motifs is 13. The van der Waals surface area contributed by atoms with Crippen LogP contribution in [0.15, 0.2) is 152 Å². The number of para-hydroxylation sites is 4. The van der Waals surface area contributed by atoms with Crippen molar-refractivity contribution in [3.05, 3.63) is 163 Å². The molecule has 0 saturated carbocycles. The first-order chi connectivity index (χ1) is 24.4. The van der Waals surface area contributed by atoms with Crippen LogP contribution < -0.4 is 0 Å². The summed E-state index contributed by atoms with van der Waals surface area (Å²) in [5.74, 6) is 0. The van der Waals surface area contributed by atoms with Crippen molar-refractivity contribution >= 4 is 65.4 Å². The number of aromatic nitrogens is 3. The number of hydrogen-bond acceptors (Lipinski definition) is 0. The van der Waals surface area contributed by atoms with E-state index in [1.807, 2.05) is 0 Å². The Morgan fingerprint density at radius 2 is 0.920 bits per heavy atom. The molecule has 0 atom stereocenters. The van der Waals surface area contributed by atoms with Crippen molar-refractivity contribution in [1.29, 1.82) is 0 Å². The van der Waals surface area contributed by atoms with Crippen LogP contribution in [0.2, 0.25) is 0 Å². The number of benzene rings is 7. The molecule has 1 aliphatic rings.